The molecule has 0 unspecified atom stereocenters. The predicted octanol–water partition coefficient (Wildman–Crippen LogP) is 4.25. The monoisotopic (exact) mass is 418 g/mol. The van der Waals surface area contributed by atoms with Gasteiger partial charge in [-0.25, -0.2) is 13.6 Å². The number of hydrogen-bond acceptors (Lipinski definition) is 4. The third kappa shape index (κ3) is 3.93. The van der Waals surface area contributed by atoms with Gasteiger partial charge in [-0.15, -0.1) is 0 Å². The van der Waals surface area contributed by atoms with Gasteiger partial charge in [0.15, 0.2) is 5.11 Å². The molecule has 5 nitrogen and oxygen atoms in total. The minimum absolute atomic E-state index is 0.106. The number of rotatable bonds is 5. The molecule has 2 aromatic carbocycles. The summed E-state index contributed by atoms with van der Waals surface area (Å²) >= 11 is 5.54. The summed E-state index contributed by atoms with van der Waals surface area (Å²) in [4.78, 5) is 14.4. The van der Waals surface area contributed by atoms with E-state index >= 15 is 0 Å². The van der Waals surface area contributed by atoms with Gasteiger partial charge in [-0.1, -0.05) is 13.0 Å². The number of hydrogen-bond donors (Lipinski definition) is 1. The average molecular weight is 418 g/mol. The summed E-state index contributed by atoms with van der Waals surface area (Å²) in [6.07, 6.45) is 0.428. The molecule has 8 heteroatoms. The summed E-state index contributed by atoms with van der Waals surface area (Å²) in [5.74, 6) is -1.43. The summed E-state index contributed by atoms with van der Waals surface area (Å²) in [6, 6.07) is 9.45. The van der Waals surface area contributed by atoms with Crippen molar-refractivity contribution in [2.45, 2.75) is 19.4 Å². The van der Waals surface area contributed by atoms with E-state index in [-0.39, 0.29) is 16.2 Å². The van der Waals surface area contributed by atoms with Crippen LogP contribution in [0.3, 0.4) is 0 Å². The molecule has 0 saturated carbocycles. The molecule has 0 radical (unpaired) electrons. The summed E-state index contributed by atoms with van der Waals surface area (Å²) in [5.41, 5.74) is 1.60. The Kier molecular flexibility index (Phi) is 6.12. The SMILES string of the molecule is CCC1=C(C(=O)OC)[C@@H](c2ccc(F)cc2F)NC(=S)N1c1ccc(OC)cc1. The second-order valence-corrected chi connectivity index (χ2v) is 6.67. The zero-order valence-corrected chi connectivity index (χ0v) is 17.0. The number of nitrogens with zero attached hydrogens (tertiary/aromatic N) is 1. The van der Waals surface area contributed by atoms with E-state index in [1.165, 1.54) is 13.2 Å². The zero-order valence-electron chi connectivity index (χ0n) is 16.2. The van der Waals surface area contributed by atoms with Gasteiger partial charge >= 0.3 is 5.97 Å². The quantitative estimate of drug-likeness (QED) is 0.579. The highest BCUT2D eigenvalue weighted by Gasteiger charge is 2.37. The number of ether oxygens (including phenoxy) is 2. The van der Waals surface area contributed by atoms with Crippen molar-refractivity contribution in [1.82, 2.24) is 5.32 Å². The van der Waals surface area contributed by atoms with E-state index in [2.05, 4.69) is 5.32 Å². The van der Waals surface area contributed by atoms with Gasteiger partial charge in [0.05, 0.1) is 25.8 Å². The molecule has 152 valence electrons. The van der Waals surface area contributed by atoms with Gasteiger partial charge in [0.1, 0.15) is 17.4 Å². The van der Waals surface area contributed by atoms with E-state index in [9.17, 15) is 13.6 Å². The number of thiocarbonyl (C=S) groups is 1. The van der Waals surface area contributed by atoms with E-state index in [4.69, 9.17) is 21.7 Å². The van der Waals surface area contributed by atoms with Crippen molar-refractivity contribution >= 4 is 29.0 Å². The third-order valence-corrected chi connectivity index (χ3v) is 4.99. The first-order valence-electron chi connectivity index (χ1n) is 8.92. The number of allylic oxidation sites excluding steroid dienone is 1. The normalized spacial score (nSPS) is 16.5. The maximum absolute atomic E-state index is 14.5. The summed E-state index contributed by atoms with van der Waals surface area (Å²) in [7, 11) is 2.82. The van der Waals surface area contributed by atoms with Gasteiger partial charge in [0, 0.05) is 23.0 Å². The number of nitrogens with one attached hydrogen (secondary N) is 1. The molecular weight excluding hydrogens is 398 g/mol. The Morgan fingerprint density at radius 1 is 1.17 bits per heavy atom. The summed E-state index contributed by atoms with van der Waals surface area (Å²) in [6.45, 7) is 1.86. The molecule has 29 heavy (non-hydrogen) atoms. The highest BCUT2D eigenvalue weighted by Crippen LogP contribution is 2.37. The molecule has 1 atom stereocenters. The van der Waals surface area contributed by atoms with Crippen LogP contribution in [0, 0.1) is 11.6 Å². The number of benzene rings is 2. The first-order valence-corrected chi connectivity index (χ1v) is 9.33. The van der Waals surface area contributed by atoms with E-state index < -0.39 is 23.6 Å². The van der Waals surface area contributed by atoms with E-state index in [1.807, 2.05) is 6.92 Å². The van der Waals surface area contributed by atoms with Crippen LogP contribution in [0.1, 0.15) is 24.9 Å². The van der Waals surface area contributed by atoms with Gasteiger partial charge in [0.25, 0.3) is 0 Å². The molecule has 1 heterocycles. The van der Waals surface area contributed by atoms with Gasteiger partial charge in [0.2, 0.25) is 0 Å². The standard InChI is InChI=1S/C21H20F2N2O3S/c1-4-17-18(20(26)28-3)19(15-10-5-12(22)11-16(15)23)24-21(29)25(17)13-6-8-14(27-2)9-7-13/h5-11,19H,4H2,1-3H3,(H,24,29)/t19-/m1/s1. The van der Waals surface area contributed by atoms with Crippen molar-refractivity contribution in [3.8, 4) is 5.75 Å². The maximum Gasteiger partial charge on any atom is 0.338 e. The Hall–Kier alpha value is -3.00. The van der Waals surface area contributed by atoms with Gasteiger partial charge in [-0.2, -0.15) is 0 Å². The molecule has 0 amide bonds. The van der Waals surface area contributed by atoms with Crippen molar-refractivity contribution in [3.63, 3.8) is 0 Å². The van der Waals surface area contributed by atoms with Crippen LogP contribution in [0.15, 0.2) is 53.7 Å². The third-order valence-electron chi connectivity index (χ3n) is 4.68. The largest absolute Gasteiger partial charge is 0.497 e. The average Bonchev–Trinajstić information content (AvgIpc) is 2.72. The highest BCUT2D eigenvalue weighted by atomic mass is 32.1. The number of esters is 1. The number of anilines is 1. The summed E-state index contributed by atoms with van der Waals surface area (Å²) in [5, 5.41) is 3.29. The Balaban J connectivity index is 2.18. The first kappa shape index (κ1) is 20.7. The van der Waals surface area contributed by atoms with Crippen LogP contribution in [0.2, 0.25) is 0 Å². The van der Waals surface area contributed by atoms with Crippen molar-refractivity contribution in [2.24, 2.45) is 0 Å². The lowest BCUT2D eigenvalue weighted by atomic mass is 9.93. The fourth-order valence-corrected chi connectivity index (χ4v) is 3.67. The van der Waals surface area contributed by atoms with Gasteiger partial charge < -0.3 is 14.8 Å². The van der Waals surface area contributed by atoms with Crippen molar-refractivity contribution in [1.29, 1.82) is 0 Å². The maximum atomic E-state index is 14.5. The number of methoxy groups -OCH3 is 2. The molecule has 0 fully saturated rings. The number of carbonyl (C=O) groups excluding carboxylic acids is 1. The Bertz CT molecular complexity index is 976. The zero-order chi connectivity index (χ0) is 21.1. The minimum Gasteiger partial charge on any atom is -0.497 e. The number of carbonyl (C=O) groups is 1. The van der Waals surface area contributed by atoms with Crippen LogP contribution >= 0.6 is 12.2 Å². The first-order chi connectivity index (χ1) is 13.9. The minimum atomic E-state index is -0.903. The molecule has 1 aliphatic rings. The molecule has 0 spiro atoms. The van der Waals surface area contributed by atoms with Gasteiger partial charge in [-0.3, -0.25) is 4.90 Å². The molecule has 0 bridgehead atoms. The molecule has 0 saturated heterocycles. The predicted molar refractivity (Wildman–Crippen MR) is 110 cm³/mol. The van der Waals surface area contributed by atoms with Crippen LogP contribution in [0.25, 0.3) is 0 Å². The van der Waals surface area contributed by atoms with Crippen molar-refractivity contribution in [2.75, 3.05) is 19.1 Å². The Labute approximate surface area is 172 Å². The fourth-order valence-electron chi connectivity index (χ4n) is 3.34. The smallest absolute Gasteiger partial charge is 0.338 e. The molecule has 0 aromatic heterocycles. The molecular formula is C21H20F2N2O3S. The lowest BCUT2D eigenvalue weighted by Gasteiger charge is -2.38. The Morgan fingerprint density at radius 2 is 1.86 bits per heavy atom. The molecule has 0 aliphatic carbocycles. The fraction of sp³-hybridized carbons (Fsp3) is 0.238. The second kappa shape index (κ2) is 8.57. The van der Waals surface area contributed by atoms with Crippen LogP contribution in [-0.2, 0) is 9.53 Å². The van der Waals surface area contributed by atoms with Crippen molar-refractivity contribution in [3.05, 3.63) is 70.9 Å². The second-order valence-electron chi connectivity index (χ2n) is 6.29. The van der Waals surface area contributed by atoms with Crippen LogP contribution < -0.4 is 15.0 Å². The lowest BCUT2D eigenvalue weighted by molar-refractivity contribution is -0.136. The topological polar surface area (TPSA) is 50.8 Å². The van der Waals surface area contributed by atoms with E-state index in [0.29, 0.717) is 23.6 Å². The Morgan fingerprint density at radius 3 is 2.41 bits per heavy atom. The van der Waals surface area contributed by atoms with E-state index in [0.717, 1.165) is 12.1 Å². The molecule has 3 rings (SSSR count). The van der Waals surface area contributed by atoms with Gasteiger partial charge in [-0.05, 0) is 49.0 Å². The van der Waals surface area contributed by atoms with Crippen molar-refractivity contribution < 1.29 is 23.0 Å². The molecule has 1 N–H and O–H groups in total. The van der Waals surface area contributed by atoms with Crippen LogP contribution in [0.4, 0.5) is 14.5 Å². The summed E-state index contributed by atoms with van der Waals surface area (Å²) < 4.78 is 38.1. The van der Waals surface area contributed by atoms with Crippen LogP contribution in [0.5, 0.6) is 5.75 Å². The molecule has 1 aliphatic heterocycles. The lowest BCUT2D eigenvalue weighted by Crippen LogP contribution is -2.48. The molecule has 2 aromatic rings. The van der Waals surface area contributed by atoms with E-state index in [1.54, 1.807) is 36.3 Å². The number of halogens is 2. The highest BCUT2D eigenvalue weighted by molar-refractivity contribution is 7.80. The van der Waals surface area contributed by atoms with Crippen LogP contribution in [-0.4, -0.2) is 25.3 Å².